The van der Waals surface area contributed by atoms with Crippen LogP contribution in [0.15, 0.2) is 45.8 Å². The third-order valence-corrected chi connectivity index (χ3v) is 7.51. The Hall–Kier alpha value is -1.74. The fraction of sp³-hybridized carbons (Fsp3) is 0.350. The number of aryl methyl sites for hydroxylation is 2. The normalized spacial score (nSPS) is 15.4. The van der Waals surface area contributed by atoms with Gasteiger partial charge in [0.1, 0.15) is 6.61 Å². The Morgan fingerprint density at radius 3 is 2.57 bits per heavy atom. The van der Waals surface area contributed by atoms with E-state index in [1.807, 2.05) is 32.0 Å². The molecule has 0 N–H and O–H groups in total. The topological polar surface area (TPSA) is 72.9 Å². The maximum atomic E-state index is 12.9. The van der Waals surface area contributed by atoms with Gasteiger partial charge in [0.25, 0.3) is 0 Å². The van der Waals surface area contributed by atoms with Crippen LogP contribution in [0.5, 0.6) is 0 Å². The maximum Gasteiger partial charge on any atom is 0.338 e. The Labute approximate surface area is 173 Å². The van der Waals surface area contributed by atoms with Crippen molar-refractivity contribution in [2.75, 3.05) is 26.3 Å². The number of nitrogens with zero attached hydrogens (tertiary/aromatic N) is 1. The number of hydrogen-bond donors (Lipinski definition) is 0. The Kier molecular flexibility index (Phi) is 6.54. The zero-order valence-electron chi connectivity index (χ0n) is 15.8. The molecule has 0 unspecified atom stereocenters. The standard InChI is InChI=1S/C20H22BrNO5S/c1-14-3-4-15(2)17(11-14)13-27-20(23)16-5-6-18(21)19(12-16)28(24,25)22-7-9-26-10-8-22/h3-6,11-12H,7-10,13H2,1-2H3. The maximum absolute atomic E-state index is 12.9. The highest BCUT2D eigenvalue weighted by Crippen LogP contribution is 2.27. The minimum Gasteiger partial charge on any atom is -0.457 e. The molecule has 0 bridgehead atoms. The quantitative estimate of drug-likeness (QED) is 0.629. The number of sulfonamides is 1. The highest BCUT2D eigenvalue weighted by Gasteiger charge is 2.29. The highest BCUT2D eigenvalue weighted by molar-refractivity contribution is 9.10. The Morgan fingerprint density at radius 1 is 1.14 bits per heavy atom. The van der Waals surface area contributed by atoms with E-state index in [1.165, 1.54) is 10.4 Å². The van der Waals surface area contributed by atoms with Crippen LogP contribution in [-0.4, -0.2) is 45.0 Å². The third kappa shape index (κ3) is 4.63. The number of carbonyl (C=O) groups excluding carboxylic acids is 1. The summed E-state index contributed by atoms with van der Waals surface area (Å²) >= 11 is 3.29. The van der Waals surface area contributed by atoms with Crippen molar-refractivity contribution >= 4 is 31.9 Å². The average molecular weight is 468 g/mol. The molecule has 3 rings (SSSR count). The Bertz CT molecular complexity index is 984. The van der Waals surface area contributed by atoms with Gasteiger partial charge in [0.15, 0.2) is 0 Å². The molecule has 2 aromatic carbocycles. The molecule has 150 valence electrons. The smallest absolute Gasteiger partial charge is 0.338 e. The van der Waals surface area contributed by atoms with Crippen LogP contribution in [0, 0.1) is 13.8 Å². The van der Waals surface area contributed by atoms with Crippen molar-refractivity contribution < 1.29 is 22.7 Å². The van der Waals surface area contributed by atoms with Gasteiger partial charge in [-0.25, -0.2) is 13.2 Å². The molecule has 1 fully saturated rings. The molecule has 6 nitrogen and oxygen atoms in total. The SMILES string of the molecule is Cc1ccc(C)c(COC(=O)c2ccc(Br)c(S(=O)(=O)N3CCOCC3)c2)c1. The van der Waals surface area contributed by atoms with Gasteiger partial charge in [0, 0.05) is 17.6 Å². The van der Waals surface area contributed by atoms with Crippen LogP contribution in [-0.2, 0) is 26.1 Å². The minimum atomic E-state index is -3.73. The molecule has 2 aromatic rings. The number of carbonyl (C=O) groups is 1. The van der Waals surface area contributed by atoms with Gasteiger partial charge in [-0.3, -0.25) is 0 Å². The summed E-state index contributed by atoms with van der Waals surface area (Å²) in [4.78, 5) is 12.6. The molecule has 1 heterocycles. The molecule has 0 saturated carbocycles. The van der Waals surface area contributed by atoms with Crippen molar-refractivity contribution in [2.24, 2.45) is 0 Å². The number of esters is 1. The molecule has 28 heavy (non-hydrogen) atoms. The number of benzene rings is 2. The molecule has 1 saturated heterocycles. The lowest BCUT2D eigenvalue weighted by atomic mass is 10.1. The van der Waals surface area contributed by atoms with E-state index >= 15 is 0 Å². The van der Waals surface area contributed by atoms with Gasteiger partial charge in [-0.15, -0.1) is 0 Å². The predicted molar refractivity (Wildman–Crippen MR) is 109 cm³/mol. The van der Waals surface area contributed by atoms with E-state index in [1.54, 1.807) is 12.1 Å². The predicted octanol–water partition coefficient (Wildman–Crippen LogP) is 3.44. The zero-order chi connectivity index (χ0) is 20.3. The van der Waals surface area contributed by atoms with Crippen LogP contribution in [0.4, 0.5) is 0 Å². The number of morpholine rings is 1. The number of ether oxygens (including phenoxy) is 2. The molecule has 0 aliphatic carbocycles. The number of halogens is 1. The van der Waals surface area contributed by atoms with Gasteiger partial charge in [0.2, 0.25) is 10.0 Å². The summed E-state index contributed by atoms with van der Waals surface area (Å²) in [6.45, 7) is 5.35. The zero-order valence-corrected chi connectivity index (χ0v) is 18.2. The summed E-state index contributed by atoms with van der Waals surface area (Å²) < 4.78 is 38.3. The van der Waals surface area contributed by atoms with Gasteiger partial charge >= 0.3 is 5.97 Å². The van der Waals surface area contributed by atoms with Crippen molar-refractivity contribution in [1.82, 2.24) is 4.31 Å². The lowest BCUT2D eigenvalue weighted by Crippen LogP contribution is -2.40. The van der Waals surface area contributed by atoms with E-state index in [0.717, 1.165) is 16.7 Å². The summed E-state index contributed by atoms with van der Waals surface area (Å²) in [6.07, 6.45) is 0. The molecule has 1 aliphatic heterocycles. The van der Waals surface area contributed by atoms with Crippen LogP contribution < -0.4 is 0 Å². The van der Waals surface area contributed by atoms with E-state index in [0.29, 0.717) is 17.7 Å². The fourth-order valence-electron chi connectivity index (χ4n) is 2.94. The second kappa shape index (κ2) is 8.73. The molecule has 0 atom stereocenters. The molecule has 0 amide bonds. The van der Waals surface area contributed by atoms with E-state index in [9.17, 15) is 13.2 Å². The Morgan fingerprint density at radius 2 is 1.86 bits per heavy atom. The number of rotatable bonds is 5. The van der Waals surface area contributed by atoms with Gasteiger partial charge in [0.05, 0.1) is 23.7 Å². The highest BCUT2D eigenvalue weighted by atomic mass is 79.9. The first kappa shape index (κ1) is 21.0. The average Bonchev–Trinajstić information content (AvgIpc) is 2.69. The molecule has 0 aromatic heterocycles. The first-order valence-corrected chi connectivity index (χ1v) is 11.1. The number of hydrogen-bond acceptors (Lipinski definition) is 5. The first-order valence-electron chi connectivity index (χ1n) is 8.90. The summed E-state index contributed by atoms with van der Waals surface area (Å²) in [6, 6.07) is 10.4. The molecular formula is C20H22BrNO5S. The second-order valence-electron chi connectivity index (χ2n) is 6.67. The van der Waals surface area contributed by atoms with E-state index in [4.69, 9.17) is 9.47 Å². The van der Waals surface area contributed by atoms with Crippen LogP contribution >= 0.6 is 15.9 Å². The van der Waals surface area contributed by atoms with Gasteiger partial charge < -0.3 is 9.47 Å². The summed E-state index contributed by atoms with van der Waals surface area (Å²) in [5.41, 5.74) is 3.23. The minimum absolute atomic E-state index is 0.0515. The second-order valence-corrected chi connectivity index (χ2v) is 9.43. The summed E-state index contributed by atoms with van der Waals surface area (Å²) in [7, 11) is -3.73. The van der Waals surface area contributed by atoms with Crippen molar-refractivity contribution in [1.29, 1.82) is 0 Å². The van der Waals surface area contributed by atoms with Crippen LogP contribution in [0.2, 0.25) is 0 Å². The van der Waals surface area contributed by atoms with E-state index < -0.39 is 16.0 Å². The monoisotopic (exact) mass is 467 g/mol. The van der Waals surface area contributed by atoms with Crippen LogP contribution in [0.3, 0.4) is 0 Å². The third-order valence-electron chi connectivity index (χ3n) is 4.62. The summed E-state index contributed by atoms with van der Waals surface area (Å²) in [5.74, 6) is -0.563. The van der Waals surface area contributed by atoms with Gasteiger partial charge in [-0.1, -0.05) is 23.8 Å². The van der Waals surface area contributed by atoms with E-state index in [-0.39, 0.29) is 30.2 Å². The van der Waals surface area contributed by atoms with Crippen molar-refractivity contribution in [3.63, 3.8) is 0 Å². The molecule has 1 aliphatic rings. The molecule has 0 spiro atoms. The van der Waals surface area contributed by atoms with Crippen molar-refractivity contribution in [2.45, 2.75) is 25.3 Å². The van der Waals surface area contributed by atoms with Crippen molar-refractivity contribution in [3.8, 4) is 0 Å². The fourth-order valence-corrected chi connectivity index (χ4v) is 5.30. The van der Waals surface area contributed by atoms with Crippen LogP contribution in [0.1, 0.15) is 27.0 Å². The molecule has 8 heteroatoms. The summed E-state index contributed by atoms with van der Waals surface area (Å²) in [5, 5.41) is 0. The van der Waals surface area contributed by atoms with Crippen LogP contribution in [0.25, 0.3) is 0 Å². The van der Waals surface area contributed by atoms with Crippen molar-refractivity contribution in [3.05, 3.63) is 63.1 Å². The van der Waals surface area contributed by atoms with Gasteiger partial charge in [-0.2, -0.15) is 4.31 Å². The lowest BCUT2D eigenvalue weighted by Gasteiger charge is -2.26. The first-order chi connectivity index (χ1) is 13.3. The largest absolute Gasteiger partial charge is 0.457 e. The molecular weight excluding hydrogens is 446 g/mol. The Balaban J connectivity index is 1.80. The van der Waals surface area contributed by atoms with Gasteiger partial charge in [-0.05, 0) is 59.1 Å². The lowest BCUT2D eigenvalue weighted by molar-refractivity contribution is 0.0471. The van der Waals surface area contributed by atoms with E-state index in [2.05, 4.69) is 15.9 Å². The molecule has 0 radical (unpaired) electrons.